The van der Waals surface area contributed by atoms with Crippen molar-refractivity contribution >= 4 is 17.0 Å². The second-order valence-corrected chi connectivity index (χ2v) is 4.24. The number of hydrogen-bond acceptors (Lipinski definition) is 3. The van der Waals surface area contributed by atoms with E-state index in [0.717, 1.165) is 23.2 Å². The molecule has 0 heterocycles. The van der Waals surface area contributed by atoms with Gasteiger partial charge in [0.2, 0.25) is 11.3 Å². The number of nitrogens with one attached hydrogen (secondary N) is 2. The molecule has 0 amide bonds. The predicted molar refractivity (Wildman–Crippen MR) is 66.2 cm³/mol. The Morgan fingerprint density at radius 1 is 1.38 bits per heavy atom. The lowest BCUT2D eigenvalue weighted by Crippen LogP contribution is -2.24. The van der Waals surface area contributed by atoms with Crippen molar-refractivity contribution in [3.63, 3.8) is 0 Å². The SMILES string of the molecule is Cc1c(CCN)ccc(NNS(=O)O)c1C. The van der Waals surface area contributed by atoms with Gasteiger partial charge in [-0.2, -0.15) is 0 Å². The third-order valence-electron chi connectivity index (χ3n) is 2.59. The molecule has 1 aromatic rings. The highest BCUT2D eigenvalue weighted by molar-refractivity contribution is 7.77. The average molecular weight is 243 g/mol. The maximum Gasteiger partial charge on any atom is 0.250 e. The largest absolute Gasteiger partial charge is 0.330 e. The lowest BCUT2D eigenvalue weighted by atomic mass is 9.99. The minimum absolute atomic E-state index is 0.617. The molecule has 1 aromatic carbocycles. The number of benzene rings is 1. The number of hydrazine groups is 1. The minimum atomic E-state index is -2.07. The van der Waals surface area contributed by atoms with Gasteiger partial charge in [-0.1, -0.05) is 6.07 Å². The smallest absolute Gasteiger partial charge is 0.250 e. The Bertz CT molecular complexity index is 396. The van der Waals surface area contributed by atoms with Crippen molar-refractivity contribution in [2.75, 3.05) is 12.0 Å². The van der Waals surface area contributed by atoms with Crippen molar-refractivity contribution in [2.45, 2.75) is 20.3 Å². The molecular weight excluding hydrogens is 226 g/mol. The first kappa shape index (κ1) is 13.1. The molecule has 0 saturated carbocycles. The number of nitrogens with two attached hydrogens (primary N) is 1. The summed E-state index contributed by atoms with van der Waals surface area (Å²) in [7, 11) is 0. The first-order valence-corrected chi connectivity index (χ1v) is 6.08. The van der Waals surface area contributed by atoms with Crippen LogP contribution in [0.4, 0.5) is 5.69 Å². The molecule has 6 heteroatoms. The monoisotopic (exact) mass is 243 g/mol. The molecule has 1 unspecified atom stereocenters. The lowest BCUT2D eigenvalue weighted by molar-refractivity contribution is 0.555. The third kappa shape index (κ3) is 3.28. The molecule has 16 heavy (non-hydrogen) atoms. The van der Waals surface area contributed by atoms with E-state index in [1.54, 1.807) is 0 Å². The summed E-state index contributed by atoms with van der Waals surface area (Å²) in [5.74, 6) is 0. The Labute approximate surface area is 97.8 Å². The van der Waals surface area contributed by atoms with Crippen molar-refractivity contribution in [2.24, 2.45) is 5.73 Å². The molecule has 0 saturated heterocycles. The summed E-state index contributed by atoms with van der Waals surface area (Å²) < 4.78 is 19.1. The molecule has 0 aliphatic rings. The summed E-state index contributed by atoms with van der Waals surface area (Å²) in [6.07, 6.45) is 0.840. The van der Waals surface area contributed by atoms with E-state index in [1.165, 1.54) is 5.56 Å². The highest BCUT2D eigenvalue weighted by atomic mass is 32.2. The van der Waals surface area contributed by atoms with Gasteiger partial charge in [0, 0.05) is 0 Å². The van der Waals surface area contributed by atoms with Crippen LogP contribution < -0.4 is 16.0 Å². The van der Waals surface area contributed by atoms with Gasteiger partial charge in [0.15, 0.2) is 0 Å². The Morgan fingerprint density at radius 2 is 2.06 bits per heavy atom. The fourth-order valence-electron chi connectivity index (χ4n) is 1.54. The quantitative estimate of drug-likeness (QED) is 0.456. The van der Waals surface area contributed by atoms with Crippen LogP contribution in [0.5, 0.6) is 0 Å². The maximum absolute atomic E-state index is 10.5. The Balaban J connectivity index is 2.88. The van der Waals surface area contributed by atoms with Crippen LogP contribution in [-0.2, 0) is 17.7 Å². The summed E-state index contributed by atoms with van der Waals surface area (Å²) in [6.45, 7) is 4.59. The van der Waals surface area contributed by atoms with Crippen molar-refractivity contribution in [1.29, 1.82) is 0 Å². The molecule has 90 valence electrons. The van der Waals surface area contributed by atoms with Crippen LogP contribution >= 0.6 is 0 Å². The molecule has 0 aliphatic carbocycles. The van der Waals surface area contributed by atoms with E-state index < -0.39 is 11.3 Å². The van der Waals surface area contributed by atoms with Gasteiger partial charge in [-0.3, -0.25) is 4.55 Å². The second kappa shape index (κ2) is 5.95. The molecule has 0 fully saturated rings. The van der Waals surface area contributed by atoms with Gasteiger partial charge in [0.05, 0.1) is 5.69 Å². The van der Waals surface area contributed by atoms with E-state index in [2.05, 4.69) is 10.3 Å². The summed E-state index contributed by atoms with van der Waals surface area (Å²) >= 11 is -2.07. The predicted octanol–water partition coefficient (Wildman–Crippen LogP) is 0.858. The number of hydrogen-bond donors (Lipinski definition) is 4. The van der Waals surface area contributed by atoms with Crippen molar-refractivity contribution < 1.29 is 8.76 Å². The zero-order valence-corrected chi connectivity index (χ0v) is 10.2. The standard InChI is InChI=1S/C10H17N3O2S/c1-7-8(2)10(12-13-16(14)15)4-3-9(7)5-6-11/h3-4,12-13H,5-6,11H2,1-2H3,(H,14,15). The Hall–Kier alpha value is -0.950. The summed E-state index contributed by atoms with van der Waals surface area (Å²) in [6, 6.07) is 3.84. The second-order valence-electron chi connectivity index (χ2n) is 3.54. The van der Waals surface area contributed by atoms with E-state index in [9.17, 15) is 4.21 Å². The molecule has 0 bridgehead atoms. The molecule has 0 aliphatic heterocycles. The first-order chi connectivity index (χ1) is 7.56. The van der Waals surface area contributed by atoms with Gasteiger partial charge in [-0.05, 0) is 49.6 Å². The van der Waals surface area contributed by atoms with E-state index in [0.29, 0.717) is 6.54 Å². The lowest BCUT2D eigenvalue weighted by Gasteiger charge is -2.14. The van der Waals surface area contributed by atoms with Crippen LogP contribution in [0.15, 0.2) is 12.1 Å². The minimum Gasteiger partial charge on any atom is -0.330 e. The summed E-state index contributed by atoms with van der Waals surface area (Å²) in [5, 5.41) is 0. The van der Waals surface area contributed by atoms with Gasteiger partial charge in [-0.25, -0.2) is 4.21 Å². The summed E-state index contributed by atoms with van der Waals surface area (Å²) in [4.78, 5) is 2.23. The molecule has 1 atom stereocenters. The highest BCUT2D eigenvalue weighted by Gasteiger charge is 2.05. The number of anilines is 1. The van der Waals surface area contributed by atoms with Crippen molar-refractivity contribution in [1.82, 2.24) is 4.83 Å². The van der Waals surface area contributed by atoms with Gasteiger partial charge in [-0.15, -0.1) is 4.83 Å². The zero-order chi connectivity index (χ0) is 12.1. The molecule has 5 N–H and O–H groups in total. The van der Waals surface area contributed by atoms with Crippen LogP contribution in [0.25, 0.3) is 0 Å². The van der Waals surface area contributed by atoms with E-state index in [4.69, 9.17) is 10.3 Å². The van der Waals surface area contributed by atoms with E-state index in [1.807, 2.05) is 26.0 Å². The first-order valence-electron chi connectivity index (χ1n) is 4.98. The Kier molecular flexibility index (Phi) is 4.88. The fraction of sp³-hybridized carbons (Fsp3) is 0.400. The van der Waals surface area contributed by atoms with Crippen LogP contribution in [0.1, 0.15) is 16.7 Å². The fourth-order valence-corrected chi connectivity index (χ4v) is 1.73. The molecular formula is C10H17N3O2S. The molecule has 0 aromatic heterocycles. The normalized spacial score (nSPS) is 12.5. The van der Waals surface area contributed by atoms with Crippen molar-refractivity contribution in [3.8, 4) is 0 Å². The Morgan fingerprint density at radius 3 is 2.62 bits per heavy atom. The van der Waals surface area contributed by atoms with Gasteiger partial charge in [0.1, 0.15) is 0 Å². The van der Waals surface area contributed by atoms with Crippen LogP contribution in [0, 0.1) is 13.8 Å². The molecule has 1 rings (SSSR count). The van der Waals surface area contributed by atoms with Crippen LogP contribution in [-0.4, -0.2) is 15.3 Å². The molecule has 0 spiro atoms. The van der Waals surface area contributed by atoms with Crippen LogP contribution in [0.3, 0.4) is 0 Å². The van der Waals surface area contributed by atoms with Gasteiger partial charge >= 0.3 is 0 Å². The highest BCUT2D eigenvalue weighted by Crippen LogP contribution is 2.21. The van der Waals surface area contributed by atoms with Gasteiger partial charge < -0.3 is 11.2 Å². The van der Waals surface area contributed by atoms with E-state index >= 15 is 0 Å². The topological polar surface area (TPSA) is 87.4 Å². The van der Waals surface area contributed by atoms with Crippen LogP contribution in [0.2, 0.25) is 0 Å². The average Bonchev–Trinajstić information content (AvgIpc) is 2.24. The summed E-state index contributed by atoms with van der Waals surface area (Å²) in [5.41, 5.74) is 12.4. The maximum atomic E-state index is 10.5. The molecule has 5 nitrogen and oxygen atoms in total. The molecule has 0 radical (unpaired) electrons. The number of rotatable bonds is 5. The van der Waals surface area contributed by atoms with Crippen molar-refractivity contribution in [3.05, 3.63) is 28.8 Å². The zero-order valence-electron chi connectivity index (χ0n) is 9.41. The van der Waals surface area contributed by atoms with Gasteiger partial charge in [0.25, 0.3) is 0 Å². The third-order valence-corrected chi connectivity index (χ3v) is 2.86. The van der Waals surface area contributed by atoms with E-state index in [-0.39, 0.29) is 0 Å².